The second-order valence-electron chi connectivity index (χ2n) is 3.33. The molecule has 0 bridgehead atoms. The van der Waals surface area contributed by atoms with Crippen molar-refractivity contribution in [1.82, 2.24) is 0 Å². The van der Waals surface area contributed by atoms with E-state index in [2.05, 4.69) is 15.9 Å². The Hall–Kier alpha value is -0.190. The number of hydrogen-bond donors (Lipinski definition) is 1. The minimum atomic E-state index is -0.705. The van der Waals surface area contributed by atoms with Gasteiger partial charge in [0.15, 0.2) is 5.78 Å². The molecule has 0 saturated heterocycles. The molecule has 0 aliphatic rings. The Balaban J connectivity index is 3.01. The summed E-state index contributed by atoms with van der Waals surface area (Å²) in [7, 11) is 0. The molecule has 1 rings (SSSR count). The van der Waals surface area contributed by atoms with Crippen molar-refractivity contribution >= 4 is 33.0 Å². The molecule has 1 aromatic heterocycles. The molecule has 0 atom stereocenters. The summed E-state index contributed by atoms with van der Waals surface area (Å²) in [6.45, 7) is 3.89. The highest BCUT2D eigenvalue weighted by molar-refractivity contribution is 9.10. The molecule has 0 aromatic carbocycles. The molecule has 0 aliphatic carbocycles. The van der Waals surface area contributed by atoms with Crippen LogP contribution < -0.4 is 5.73 Å². The summed E-state index contributed by atoms with van der Waals surface area (Å²) in [6, 6.07) is 0. The fraction of sp³-hybridized carbons (Fsp3) is 0.500. The molecule has 0 aliphatic heterocycles. The van der Waals surface area contributed by atoms with Gasteiger partial charge in [-0.2, -0.15) is 11.3 Å². The Labute approximate surface area is 96.6 Å². The van der Waals surface area contributed by atoms with Gasteiger partial charge in [0.05, 0.1) is 5.54 Å². The van der Waals surface area contributed by atoms with Crippen molar-refractivity contribution < 1.29 is 4.79 Å². The van der Waals surface area contributed by atoms with Crippen LogP contribution in [0.3, 0.4) is 0 Å². The molecule has 0 saturated carbocycles. The smallest absolute Gasteiger partial charge is 0.184 e. The summed E-state index contributed by atoms with van der Waals surface area (Å²) in [6.07, 6.45) is 1.34. The predicted molar refractivity (Wildman–Crippen MR) is 63.8 cm³/mol. The van der Waals surface area contributed by atoms with Crippen LogP contribution in [0.2, 0.25) is 0 Å². The summed E-state index contributed by atoms with van der Waals surface area (Å²) >= 11 is 4.86. The van der Waals surface area contributed by atoms with E-state index in [-0.39, 0.29) is 5.78 Å². The van der Waals surface area contributed by atoms with Crippen LogP contribution in [0.25, 0.3) is 0 Å². The minimum absolute atomic E-state index is 0.0376. The highest BCUT2D eigenvalue weighted by Crippen LogP contribution is 2.27. The zero-order chi connectivity index (χ0) is 10.8. The Morgan fingerprint density at radius 1 is 1.50 bits per heavy atom. The van der Waals surface area contributed by atoms with Crippen molar-refractivity contribution in [2.45, 2.75) is 32.2 Å². The molecule has 0 unspecified atom stereocenters. The maximum absolute atomic E-state index is 12.1. The number of carbonyl (C=O) groups excluding carboxylic acids is 1. The van der Waals surface area contributed by atoms with Gasteiger partial charge in [0.1, 0.15) is 0 Å². The van der Waals surface area contributed by atoms with Gasteiger partial charge >= 0.3 is 0 Å². The first-order chi connectivity index (χ1) is 6.55. The average molecular weight is 276 g/mol. The van der Waals surface area contributed by atoms with E-state index in [0.29, 0.717) is 18.4 Å². The summed E-state index contributed by atoms with van der Waals surface area (Å²) in [5, 5.41) is 3.75. The standard InChI is InChI=1S/C10H14BrNOS/c1-3-10(12,4-2)9(13)7-5-14-6-8(7)11/h5-6H,3-4,12H2,1-2H3. The third-order valence-corrected chi connectivity index (χ3v) is 4.28. The van der Waals surface area contributed by atoms with E-state index < -0.39 is 5.54 Å². The van der Waals surface area contributed by atoms with Gasteiger partial charge < -0.3 is 5.73 Å². The molecule has 4 heteroatoms. The molecule has 1 heterocycles. The highest BCUT2D eigenvalue weighted by Gasteiger charge is 2.32. The molecule has 78 valence electrons. The average Bonchev–Trinajstić information content (AvgIpc) is 2.62. The lowest BCUT2D eigenvalue weighted by Crippen LogP contribution is -2.46. The SMILES string of the molecule is CCC(N)(CC)C(=O)c1cscc1Br. The maximum Gasteiger partial charge on any atom is 0.184 e. The fourth-order valence-electron chi connectivity index (χ4n) is 1.28. The molecule has 0 fully saturated rings. The Kier molecular flexibility index (Phi) is 3.86. The Morgan fingerprint density at radius 3 is 2.43 bits per heavy atom. The molecule has 0 amide bonds. The van der Waals surface area contributed by atoms with Crippen LogP contribution in [0.1, 0.15) is 37.0 Å². The lowest BCUT2D eigenvalue weighted by atomic mass is 9.86. The molecule has 0 radical (unpaired) electrons. The molecule has 2 N–H and O–H groups in total. The normalized spacial score (nSPS) is 11.7. The van der Waals surface area contributed by atoms with Crippen LogP contribution in [-0.2, 0) is 0 Å². The largest absolute Gasteiger partial charge is 0.319 e. The molecule has 14 heavy (non-hydrogen) atoms. The summed E-state index contributed by atoms with van der Waals surface area (Å²) < 4.78 is 0.851. The molecular weight excluding hydrogens is 262 g/mol. The first kappa shape index (κ1) is 11.9. The van der Waals surface area contributed by atoms with Crippen molar-refractivity contribution in [3.63, 3.8) is 0 Å². The van der Waals surface area contributed by atoms with Gasteiger partial charge in [-0.25, -0.2) is 0 Å². The van der Waals surface area contributed by atoms with Gasteiger partial charge in [0.25, 0.3) is 0 Å². The van der Waals surface area contributed by atoms with Gasteiger partial charge in [-0.15, -0.1) is 0 Å². The van der Waals surface area contributed by atoms with Crippen molar-refractivity contribution in [1.29, 1.82) is 0 Å². The highest BCUT2D eigenvalue weighted by atomic mass is 79.9. The first-order valence-corrected chi connectivity index (χ1v) is 6.34. The van der Waals surface area contributed by atoms with Crippen LogP contribution in [0.5, 0.6) is 0 Å². The zero-order valence-corrected chi connectivity index (χ0v) is 10.7. The zero-order valence-electron chi connectivity index (χ0n) is 8.34. The molecular formula is C10H14BrNOS. The number of hydrogen-bond acceptors (Lipinski definition) is 3. The van der Waals surface area contributed by atoms with Crippen LogP contribution in [-0.4, -0.2) is 11.3 Å². The second-order valence-corrected chi connectivity index (χ2v) is 4.92. The van der Waals surface area contributed by atoms with Crippen molar-refractivity contribution in [2.75, 3.05) is 0 Å². The molecule has 0 spiro atoms. The number of thiophene rings is 1. The number of carbonyl (C=O) groups is 1. The third-order valence-electron chi connectivity index (χ3n) is 2.57. The lowest BCUT2D eigenvalue weighted by molar-refractivity contribution is 0.0879. The number of rotatable bonds is 4. The third kappa shape index (κ3) is 2.07. The quantitative estimate of drug-likeness (QED) is 0.858. The second kappa shape index (κ2) is 4.55. The van der Waals surface area contributed by atoms with E-state index in [4.69, 9.17) is 5.73 Å². The summed E-state index contributed by atoms with van der Waals surface area (Å²) in [4.78, 5) is 12.1. The van der Waals surface area contributed by atoms with E-state index >= 15 is 0 Å². The van der Waals surface area contributed by atoms with Crippen molar-refractivity contribution in [3.8, 4) is 0 Å². The summed E-state index contributed by atoms with van der Waals surface area (Å²) in [5.74, 6) is 0.0376. The Morgan fingerprint density at radius 2 is 2.07 bits per heavy atom. The minimum Gasteiger partial charge on any atom is -0.319 e. The number of nitrogens with two attached hydrogens (primary N) is 1. The van der Waals surface area contributed by atoms with Crippen LogP contribution in [0.4, 0.5) is 0 Å². The predicted octanol–water partition coefficient (Wildman–Crippen LogP) is 3.21. The number of Topliss-reactive ketones (excluding diaryl/α,β-unsaturated/α-hetero) is 1. The van der Waals surface area contributed by atoms with Crippen LogP contribution in [0.15, 0.2) is 15.2 Å². The van der Waals surface area contributed by atoms with Gasteiger partial charge in [0.2, 0.25) is 0 Å². The van der Waals surface area contributed by atoms with E-state index in [1.807, 2.05) is 24.6 Å². The number of ketones is 1. The van der Waals surface area contributed by atoms with Gasteiger partial charge in [-0.05, 0) is 28.8 Å². The van der Waals surface area contributed by atoms with Crippen molar-refractivity contribution in [3.05, 3.63) is 20.8 Å². The van der Waals surface area contributed by atoms with E-state index in [1.165, 1.54) is 11.3 Å². The first-order valence-electron chi connectivity index (χ1n) is 4.60. The van der Waals surface area contributed by atoms with Crippen LogP contribution >= 0.6 is 27.3 Å². The Bertz CT molecular complexity index is 331. The van der Waals surface area contributed by atoms with Gasteiger partial charge in [0, 0.05) is 20.8 Å². The van der Waals surface area contributed by atoms with Gasteiger partial charge in [-0.1, -0.05) is 13.8 Å². The number of halogens is 1. The topological polar surface area (TPSA) is 43.1 Å². The van der Waals surface area contributed by atoms with E-state index in [1.54, 1.807) is 0 Å². The van der Waals surface area contributed by atoms with E-state index in [9.17, 15) is 4.79 Å². The fourth-order valence-corrected chi connectivity index (χ4v) is 2.74. The van der Waals surface area contributed by atoms with Crippen LogP contribution in [0, 0.1) is 0 Å². The monoisotopic (exact) mass is 275 g/mol. The van der Waals surface area contributed by atoms with E-state index in [0.717, 1.165) is 4.47 Å². The molecule has 1 aromatic rings. The van der Waals surface area contributed by atoms with Gasteiger partial charge in [-0.3, -0.25) is 4.79 Å². The molecule has 2 nitrogen and oxygen atoms in total. The van der Waals surface area contributed by atoms with Crippen molar-refractivity contribution in [2.24, 2.45) is 5.73 Å². The summed E-state index contributed by atoms with van der Waals surface area (Å²) in [5.41, 5.74) is 6.04. The lowest BCUT2D eigenvalue weighted by Gasteiger charge is -2.24. The maximum atomic E-state index is 12.1.